The van der Waals surface area contributed by atoms with Crippen molar-refractivity contribution in [2.24, 2.45) is 0 Å². The van der Waals surface area contributed by atoms with Gasteiger partial charge in [0.25, 0.3) is 0 Å². The molecule has 0 aliphatic carbocycles. The molecule has 0 radical (unpaired) electrons. The SMILES string of the molecule is O=C(NCCCN(CCCN1CCCCCCCCCCCC1)C(=O)OCc1ccccc1)OCc1ccccc1. The summed E-state index contributed by atoms with van der Waals surface area (Å²) >= 11 is 0. The molecule has 2 aromatic carbocycles. The number of nitrogens with zero attached hydrogens (tertiary/aromatic N) is 2. The normalized spacial score (nSPS) is 15.5. The quantitative estimate of drug-likeness (QED) is 0.269. The molecule has 1 fully saturated rings. The van der Waals surface area contributed by atoms with Crippen molar-refractivity contribution in [3.63, 3.8) is 0 Å². The monoisotopic (exact) mass is 565 g/mol. The molecular weight excluding hydrogens is 514 g/mol. The molecule has 1 saturated heterocycles. The Hall–Kier alpha value is -3.06. The molecule has 0 saturated carbocycles. The van der Waals surface area contributed by atoms with E-state index in [1.807, 2.05) is 60.7 Å². The molecule has 41 heavy (non-hydrogen) atoms. The van der Waals surface area contributed by atoms with E-state index >= 15 is 0 Å². The Kier molecular flexibility index (Phi) is 16.4. The molecule has 2 aromatic rings. The fourth-order valence-electron chi connectivity index (χ4n) is 5.25. The molecule has 1 aliphatic heterocycles. The smallest absolute Gasteiger partial charge is 0.410 e. The zero-order chi connectivity index (χ0) is 28.8. The van der Waals surface area contributed by atoms with Crippen LogP contribution in [0.4, 0.5) is 9.59 Å². The van der Waals surface area contributed by atoms with Gasteiger partial charge in [0.1, 0.15) is 13.2 Å². The number of carbonyl (C=O) groups is 2. The Bertz CT molecular complexity index is 943. The Morgan fingerprint density at radius 2 is 1.15 bits per heavy atom. The van der Waals surface area contributed by atoms with Crippen molar-refractivity contribution in [2.45, 2.75) is 90.3 Å². The molecule has 0 bridgehead atoms. The van der Waals surface area contributed by atoms with Gasteiger partial charge in [0, 0.05) is 19.6 Å². The van der Waals surface area contributed by atoms with Crippen molar-refractivity contribution in [2.75, 3.05) is 39.3 Å². The van der Waals surface area contributed by atoms with Crippen LogP contribution in [0.25, 0.3) is 0 Å². The van der Waals surface area contributed by atoms with Crippen LogP contribution in [0.5, 0.6) is 0 Å². The molecule has 0 aromatic heterocycles. The fraction of sp³-hybridized carbons (Fsp3) is 0.588. The zero-order valence-corrected chi connectivity index (χ0v) is 24.9. The lowest BCUT2D eigenvalue weighted by molar-refractivity contribution is 0.0935. The van der Waals surface area contributed by atoms with E-state index in [1.54, 1.807) is 4.90 Å². The predicted octanol–water partition coefficient (Wildman–Crippen LogP) is 7.55. The lowest BCUT2D eigenvalue weighted by atomic mass is 10.1. The number of carbonyl (C=O) groups excluding carboxylic acids is 2. The number of hydrogen-bond donors (Lipinski definition) is 1. The van der Waals surface area contributed by atoms with Crippen molar-refractivity contribution < 1.29 is 19.1 Å². The summed E-state index contributed by atoms with van der Waals surface area (Å²) < 4.78 is 11.0. The molecule has 0 spiro atoms. The van der Waals surface area contributed by atoms with E-state index in [4.69, 9.17) is 9.47 Å². The van der Waals surface area contributed by atoms with Crippen molar-refractivity contribution in [3.05, 3.63) is 71.8 Å². The van der Waals surface area contributed by atoms with Crippen molar-refractivity contribution in [1.82, 2.24) is 15.1 Å². The second-order valence-electron chi connectivity index (χ2n) is 11.1. The highest BCUT2D eigenvalue weighted by atomic mass is 16.6. The van der Waals surface area contributed by atoms with Crippen LogP contribution in [0.1, 0.15) is 88.2 Å². The van der Waals surface area contributed by atoms with E-state index in [1.165, 1.54) is 64.2 Å². The van der Waals surface area contributed by atoms with Gasteiger partial charge in [-0.2, -0.15) is 0 Å². The van der Waals surface area contributed by atoms with Gasteiger partial charge in [0.2, 0.25) is 0 Å². The maximum absolute atomic E-state index is 13.1. The third-order valence-corrected chi connectivity index (χ3v) is 7.65. The molecule has 7 heteroatoms. The lowest BCUT2D eigenvalue weighted by Gasteiger charge is -2.26. The minimum Gasteiger partial charge on any atom is -0.445 e. The maximum Gasteiger partial charge on any atom is 0.410 e. The zero-order valence-electron chi connectivity index (χ0n) is 24.9. The number of alkyl carbamates (subject to hydrolysis) is 1. The first-order chi connectivity index (χ1) is 20.2. The molecule has 1 aliphatic rings. The van der Waals surface area contributed by atoms with Crippen LogP contribution < -0.4 is 5.32 Å². The van der Waals surface area contributed by atoms with Gasteiger partial charge < -0.3 is 24.6 Å². The van der Waals surface area contributed by atoms with Crippen LogP contribution in [0.2, 0.25) is 0 Å². The summed E-state index contributed by atoms with van der Waals surface area (Å²) in [7, 11) is 0. The molecule has 7 nitrogen and oxygen atoms in total. The predicted molar refractivity (Wildman–Crippen MR) is 165 cm³/mol. The lowest BCUT2D eigenvalue weighted by Crippen LogP contribution is -2.37. The molecule has 3 rings (SSSR count). The maximum atomic E-state index is 13.1. The molecule has 2 amide bonds. The number of benzene rings is 2. The van der Waals surface area contributed by atoms with Crippen LogP contribution in [0.3, 0.4) is 0 Å². The van der Waals surface area contributed by atoms with E-state index in [-0.39, 0.29) is 19.3 Å². The van der Waals surface area contributed by atoms with Crippen LogP contribution in [0, 0.1) is 0 Å². The molecule has 226 valence electrons. The number of ether oxygens (including phenoxy) is 2. The highest BCUT2D eigenvalue weighted by molar-refractivity contribution is 5.68. The van der Waals surface area contributed by atoms with Gasteiger partial charge in [-0.15, -0.1) is 0 Å². The second-order valence-corrected chi connectivity index (χ2v) is 11.1. The average Bonchev–Trinajstić information content (AvgIpc) is 3.03. The summed E-state index contributed by atoms with van der Waals surface area (Å²) in [4.78, 5) is 29.6. The third-order valence-electron chi connectivity index (χ3n) is 7.65. The molecule has 1 N–H and O–H groups in total. The molecule has 0 unspecified atom stereocenters. The Balaban J connectivity index is 1.43. The van der Waals surface area contributed by atoms with E-state index < -0.39 is 6.09 Å². The van der Waals surface area contributed by atoms with Crippen LogP contribution >= 0.6 is 0 Å². The highest BCUT2D eigenvalue weighted by Crippen LogP contribution is 2.14. The van der Waals surface area contributed by atoms with Gasteiger partial charge in [-0.25, -0.2) is 9.59 Å². The number of rotatable bonds is 12. The number of nitrogens with one attached hydrogen (secondary N) is 1. The minimum atomic E-state index is -0.446. The summed E-state index contributed by atoms with van der Waals surface area (Å²) in [5.41, 5.74) is 1.92. The summed E-state index contributed by atoms with van der Waals surface area (Å²) in [6.07, 6.45) is 14.2. The largest absolute Gasteiger partial charge is 0.445 e. The van der Waals surface area contributed by atoms with Gasteiger partial charge in [0.15, 0.2) is 0 Å². The topological polar surface area (TPSA) is 71.1 Å². The van der Waals surface area contributed by atoms with Crippen LogP contribution in [-0.2, 0) is 22.7 Å². The Morgan fingerprint density at radius 3 is 1.71 bits per heavy atom. The first-order valence-electron chi connectivity index (χ1n) is 15.8. The second kappa shape index (κ2) is 20.8. The van der Waals surface area contributed by atoms with Gasteiger partial charge >= 0.3 is 12.2 Å². The van der Waals surface area contributed by atoms with Gasteiger partial charge in [-0.3, -0.25) is 0 Å². The summed E-state index contributed by atoms with van der Waals surface area (Å²) in [5.74, 6) is 0. The molecule has 1 heterocycles. The first kappa shape index (κ1) is 32.5. The Labute approximate surface area is 247 Å². The van der Waals surface area contributed by atoms with Gasteiger partial charge in [0.05, 0.1) is 0 Å². The van der Waals surface area contributed by atoms with Crippen molar-refractivity contribution in [3.8, 4) is 0 Å². The number of hydrogen-bond acceptors (Lipinski definition) is 5. The molecular formula is C34H51N3O4. The van der Waals surface area contributed by atoms with E-state index in [9.17, 15) is 9.59 Å². The van der Waals surface area contributed by atoms with Crippen molar-refractivity contribution >= 4 is 12.2 Å². The summed E-state index contributed by atoms with van der Waals surface area (Å²) in [6, 6.07) is 19.4. The van der Waals surface area contributed by atoms with Gasteiger partial charge in [-0.1, -0.05) is 112 Å². The van der Waals surface area contributed by atoms with Gasteiger partial charge in [-0.05, 0) is 56.4 Å². The van der Waals surface area contributed by atoms with E-state index in [0.717, 1.165) is 37.2 Å². The van der Waals surface area contributed by atoms with E-state index in [0.29, 0.717) is 26.1 Å². The fourth-order valence-corrected chi connectivity index (χ4v) is 5.25. The Morgan fingerprint density at radius 1 is 0.659 bits per heavy atom. The summed E-state index contributed by atoms with van der Waals surface area (Å²) in [6.45, 7) is 5.37. The molecule has 0 atom stereocenters. The highest BCUT2D eigenvalue weighted by Gasteiger charge is 2.16. The van der Waals surface area contributed by atoms with E-state index in [2.05, 4.69) is 10.2 Å². The summed E-state index contributed by atoms with van der Waals surface area (Å²) in [5, 5.41) is 2.80. The first-order valence-corrected chi connectivity index (χ1v) is 15.8. The van der Waals surface area contributed by atoms with Crippen LogP contribution in [0.15, 0.2) is 60.7 Å². The standard InChI is InChI=1S/C34H51N3O4/c38-33(40-29-31-19-11-9-12-20-31)35-23-17-27-37(34(39)41-30-32-21-13-10-14-22-32)28-18-26-36-24-15-7-5-3-1-2-4-6-8-16-25-36/h9-14,19-22H,1-8,15-18,23-30H2,(H,35,38). The minimum absolute atomic E-state index is 0.237. The third kappa shape index (κ3) is 14.9. The van der Waals surface area contributed by atoms with Crippen LogP contribution in [-0.4, -0.2) is 61.3 Å². The number of amides is 2. The average molecular weight is 566 g/mol. The van der Waals surface area contributed by atoms with Crippen molar-refractivity contribution in [1.29, 1.82) is 0 Å².